The van der Waals surface area contributed by atoms with Gasteiger partial charge >= 0.3 is 6.18 Å². The quantitative estimate of drug-likeness (QED) is 0.306. The smallest absolute Gasteiger partial charge is 0.374 e. The van der Waals surface area contributed by atoms with Crippen molar-refractivity contribution in [3.63, 3.8) is 0 Å². The number of hydrogen-bond donors (Lipinski definition) is 1. The topological polar surface area (TPSA) is 71.0 Å². The largest absolute Gasteiger partial charge is 0.435 e. The van der Waals surface area contributed by atoms with Crippen molar-refractivity contribution in [2.24, 2.45) is 5.16 Å². The van der Waals surface area contributed by atoms with E-state index in [9.17, 15) is 27.2 Å². The predicted octanol–water partition coefficient (Wildman–Crippen LogP) is 5.00. The van der Waals surface area contributed by atoms with Crippen LogP contribution in [0.25, 0.3) is 0 Å². The molecular weight excluding hydrogens is 544 g/mol. The Kier molecular flexibility index (Phi) is 5.95. The Bertz CT molecular complexity index is 1280. The van der Waals surface area contributed by atoms with Gasteiger partial charge in [-0.1, -0.05) is 52.6 Å². The van der Waals surface area contributed by atoms with Crippen molar-refractivity contribution in [1.82, 2.24) is 10.2 Å². The number of hydrogen-bond acceptors (Lipinski definition) is 4. The van der Waals surface area contributed by atoms with E-state index in [1.807, 2.05) is 0 Å². The summed E-state index contributed by atoms with van der Waals surface area (Å²) in [5, 5.41) is 4.94. The number of nitrogens with one attached hydrogen (secondary N) is 1. The molecule has 1 saturated heterocycles. The van der Waals surface area contributed by atoms with Crippen LogP contribution in [-0.4, -0.2) is 47.7 Å². The van der Waals surface area contributed by atoms with Crippen LogP contribution in [0.2, 0.25) is 10.0 Å². The third-order valence-electron chi connectivity index (χ3n) is 7.04. The van der Waals surface area contributed by atoms with Gasteiger partial charge in [0.2, 0.25) is 12.3 Å². The molecular formula is C24H18Cl2F5N3O3. The van der Waals surface area contributed by atoms with Crippen molar-refractivity contribution in [3.8, 4) is 0 Å². The van der Waals surface area contributed by atoms with Crippen LogP contribution in [0.1, 0.15) is 36.0 Å². The van der Waals surface area contributed by atoms with E-state index >= 15 is 4.39 Å². The van der Waals surface area contributed by atoms with Crippen LogP contribution in [-0.2, 0) is 25.7 Å². The highest BCUT2D eigenvalue weighted by molar-refractivity contribution is 6.35. The zero-order chi connectivity index (χ0) is 26.8. The minimum absolute atomic E-state index is 0.0608. The maximum Gasteiger partial charge on any atom is 0.435 e. The van der Waals surface area contributed by atoms with Gasteiger partial charge in [0.05, 0.1) is 28.8 Å². The maximum absolute atomic E-state index is 15.4. The first-order valence-electron chi connectivity index (χ1n) is 11.1. The number of oxime groups is 1. The van der Waals surface area contributed by atoms with Crippen molar-refractivity contribution in [2.75, 3.05) is 13.1 Å². The summed E-state index contributed by atoms with van der Waals surface area (Å²) in [5.41, 5.74) is -5.79. The lowest BCUT2D eigenvalue weighted by Crippen LogP contribution is -2.63. The van der Waals surface area contributed by atoms with Crippen LogP contribution in [0, 0.1) is 5.82 Å². The molecule has 0 aromatic heterocycles. The zero-order valence-corrected chi connectivity index (χ0v) is 20.4. The number of amides is 2. The van der Waals surface area contributed by atoms with Gasteiger partial charge in [-0.3, -0.25) is 9.59 Å². The highest BCUT2D eigenvalue weighted by Crippen LogP contribution is 2.50. The van der Waals surface area contributed by atoms with Crippen molar-refractivity contribution < 1.29 is 36.4 Å². The highest BCUT2D eigenvalue weighted by Gasteiger charge is 2.63. The molecule has 2 fully saturated rings. The zero-order valence-electron chi connectivity index (χ0n) is 18.8. The molecule has 2 aliphatic heterocycles. The summed E-state index contributed by atoms with van der Waals surface area (Å²) < 4.78 is 71.8. The van der Waals surface area contributed by atoms with Crippen LogP contribution in [0.5, 0.6) is 0 Å². The Morgan fingerprint density at radius 2 is 1.68 bits per heavy atom. The number of rotatable bonds is 6. The fourth-order valence-electron chi connectivity index (χ4n) is 4.65. The standard InChI is InChI=1S/C24H18Cl2F5N3O3/c25-16-7-15(8-17(26)19(16)27)23(24(29,30)31)9-18(33-37-23)13-1-3-14(4-2-13)21(28)10-34(11-21)20(36)22(5-6-22)32-12-35/h1-4,7-8,12H,5-6,9-11H2,(H,32,35). The minimum Gasteiger partial charge on any atom is -0.374 e. The second-order valence-corrected chi connectivity index (χ2v) is 10.2. The van der Waals surface area contributed by atoms with Gasteiger partial charge < -0.3 is 15.1 Å². The number of halogens is 7. The lowest BCUT2D eigenvalue weighted by atomic mass is 9.84. The summed E-state index contributed by atoms with van der Waals surface area (Å²) in [4.78, 5) is 29.5. The van der Waals surface area contributed by atoms with Crippen molar-refractivity contribution in [2.45, 2.75) is 42.2 Å². The third kappa shape index (κ3) is 4.12. The van der Waals surface area contributed by atoms with Gasteiger partial charge in [0.25, 0.3) is 5.60 Å². The fraction of sp³-hybridized carbons (Fsp3) is 0.375. The van der Waals surface area contributed by atoms with E-state index in [1.165, 1.54) is 29.2 Å². The molecule has 1 unspecified atom stereocenters. The highest BCUT2D eigenvalue weighted by atomic mass is 35.5. The van der Waals surface area contributed by atoms with Crippen molar-refractivity contribution >= 4 is 41.2 Å². The van der Waals surface area contributed by atoms with Crippen molar-refractivity contribution in [3.05, 3.63) is 69.0 Å². The molecule has 6 nitrogen and oxygen atoms in total. The van der Waals surface area contributed by atoms with Gasteiger partial charge in [-0.15, -0.1) is 0 Å². The van der Waals surface area contributed by atoms with Crippen LogP contribution in [0.15, 0.2) is 41.6 Å². The second kappa shape index (κ2) is 8.56. The number of benzene rings is 2. The van der Waals surface area contributed by atoms with Crippen LogP contribution in [0.3, 0.4) is 0 Å². The first-order valence-corrected chi connectivity index (χ1v) is 11.9. The van der Waals surface area contributed by atoms with E-state index in [1.54, 1.807) is 0 Å². The molecule has 2 aromatic rings. The molecule has 37 heavy (non-hydrogen) atoms. The first kappa shape index (κ1) is 25.7. The summed E-state index contributed by atoms with van der Waals surface area (Å²) in [7, 11) is 0. The number of nitrogens with zero attached hydrogens (tertiary/aromatic N) is 2. The van der Waals surface area contributed by atoms with Gasteiger partial charge in [-0.25, -0.2) is 8.78 Å². The van der Waals surface area contributed by atoms with E-state index < -0.39 is 50.8 Å². The van der Waals surface area contributed by atoms with Gasteiger partial charge in [-0.05, 0) is 36.1 Å². The lowest BCUT2D eigenvalue weighted by Gasteiger charge is -2.46. The molecule has 1 N–H and O–H groups in total. The summed E-state index contributed by atoms with van der Waals surface area (Å²) in [5.74, 6) is -1.39. The molecule has 1 aliphatic carbocycles. The molecule has 5 rings (SSSR count). The molecule has 0 spiro atoms. The molecule has 0 bridgehead atoms. The maximum atomic E-state index is 15.4. The molecule has 1 saturated carbocycles. The SMILES string of the molecule is O=CNC1(C(=O)N2CC(F)(c3ccc(C4=NOC(c5cc(Cl)c(F)c(Cl)c5)(C(F)(F)F)C4)cc3)C2)CC1. The van der Waals surface area contributed by atoms with Crippen LogP contribution in [0.4, 0.5) is 22.0 Å². The molecule has 196 valence electrons. The summed E-state index contributed by atoms with van der Waals surface area (Å²) >= 11 is 11.4. The second-order valence-electron chi connectivity index (χ2n) is 9.43. The molecule has 2 amide bonds. The number of carbonyl (C=O) groups excluding carboxylic acids is 2. The third-order valence-corrected chi connectivity index (χ3v) is 7.59. The van der Waals surface area contributed by atoms with Gasteiger partial charge in [0, 0.05) is 12.0 Å². The number of alkyl halides is 4. The molecule has 3 aliphatic rings. The molecule has 1 atom stereocenters. The van der Waals surface area contributed by atoms with Crippen molar-refractivity contribution in [1.29, 1.82) is 0 Å². The minimum atomic E-state index is -4.95. The Labute approximate surface area is 217 Å². The number of likely N-dealkylation sites (tertiary alicyclic amines) is 1. The van der Waals surface area contributed by atoms with E-state index in [2.05, 4.69) is 10.5 Å². The fourth-order valence-corrected chi connectivity index (χ4v) is 5.14. The molecule has 2 aromatic carbocycles. The first-order chi connectivity index (χ1) is 17.3. The van der Waals surface area contributed by atoms with E-state index in [0.717, 1.165) is 12.1 Å². The average molecular weight is 562 g/mol. The van der Waals surface area contributed by atoms with Gasteiger partial charge in [0.1, 0.15) is 5.54 Å². The molecule has 2 heterocycles. The van der Waals surface area contributed by atoms with E-state index in [-0.39, 0.29) is 35.8 Å². The molecule has 13 heteroatoms. The van der Waals surface area contributed by atoms with Crippen LogP contribution < -0.4 is 5.32 Å². The summed E-state index contributed by atoms with van der Waals surface area (Å²) in [6.45, 7) is -0.415. The predicted molar refractivity (Wildman–Crippen MR) is 123 cm³/mol. The van der Waals surface area contributed by atoms with Gasteiger partial charge in [0.15, 0.2) is 11.5 Å². The monoisotopic (exact) mass is 561 g/mol. The number of carbonyl (C=O) groups is 2. The Morgan fingerprint density at radius 1 is 1.08 bits per heavy atom. The Balaban J connectivity index is 1.32. The van der Waals surface area contributed by atoms with E-state index in [0.29, 0.717) is 19.3 Å². The normalized spacial score (nSPS) is 23.5. The summed E-state index contributed by atoms with van der Waals surface area (Å²) in [6, 6.07) is 7.24. The Morgan fingerprint density at radius 3 is 2.19 bits per heavy atom. The van der Waals surface area contributed by atoms with E-state index in [4.69, 9.17) is 28.0 Å². The Hall–Kier alpha value is -2.92. The average Bonchev–Trinajstić information content (AvgIpc) is 3.46. The van der Waals surface area contributed by atoms with Crippen LogP contribution >= 0.6 is 23.2 Å². The lowest BCUT2D eigenvalue weighted by molar-refractivity contribution is -0.275. The summed E-state index contributed by atoms with van der Waals surface area (Å²) in [6.07, 6.45) is -4.26. The van der Waals surface area contributed by atoms with Gasteiger partial charge in [-0.2, -0.15) is 13.2 Å². The molecule has 0 radical (unpaired) electrons.